The maximum atomic E-state index is 12.9. The van der Waals surface area contributed by atoms with Crippen molar-refractivity contribution >= 4 is 15.9 Å². The molecule has 1 N–H and O–H groups in total. The van der Waals surface area contributed by atoms with Crippen LogP contribution in [0.4, 0.5) is 0 Å². The highest BCUT2D eigenvalue weighted by Crippen LogP contribution is 2.26. The molecule has 7 heteroatoms. The Morgan fingerprint density at radius 1 is 1.00 bits per heavy atom. The van der Waals surface area contributed by atoms with E-state index < -0.39 is 10.0 Å². The molecule has 1 aromatic heterocycles. The molecule has 1 saturated heterocycles. The lowest BCUT2D eigenvalue weighted by molar-refractivity contribution is 0.0692. The Labute approximate surface area is 147 Å². The van der Waals surface area contributed by atoms with Gasteiger partial charge in [0.05, 0.1) is 4.90 Å². The Bertz CT molecular complexity index is 882. The largest absolute Gasteiger partial charge is 0.357 e. The summed E-state index contributed by atoms with van der Waals surface area (Å²) in [4.78, 5) is 17.3. The molecule has 6 nitrogen and oxygen atoms in total. The van der Waals surface area contributed by atoms with Crippen molar-refractivity contribution in [3.63, 3.8) is 0 Å². The number of hydrogen-bond donors (Lipinski definition) is 1. The van der Waals surface area contributed by atoms with Crippen molar-refractivity contribution in [1.82, 2.24) is 14.2 Å². The molecule has 0 spiro atoms. The third kappa shape index (κ3) is 2.98. The molecule has 1 aliphatic heterocycles. The number of piperazine rings is 1. The van der Waals surface area contributed by atoms with Gasteiger partial charge in [-0.25, -0.2) is 8.42 Å². The molecular formula is C18H21N3O3S. The number of sulfonamides is 1. The standard InChI is InChI=1S/C18H21N3O3S/c22-18(17-5-2-8-19-17)20-9-11-21(12-10-20)25(23,24)16-7-6-14-3-1-4-15(14)13-16/h2,5-8,13,19H,1,3-4,9-12H2. The minimum atomic E-state index is -3.50. The van der Waals surface area contributed by atoms with Crippen molar-refractivity contribution < 1.29 is 13.2 Å². The molecular weight excluding hydrogens is 338 g/mol. The van der Waals surface area contributed by atoms with Crippen LogP contribution in [0.15, 0.2) is 41.4 Å². The second-order valence-electron chi connectivity index (χ2n) is 6.56. The number of aromatic amines is 1. The molecule has 0 saturated carbocycles. The molecule has 2 aliphatic rings. The van der Waals surface area contributed by atoms with E-state index in [-0.39, 0.29) is 5.91 Å². The van der Waals surface area contributed by atoms with Crippen LogP contribution in [0.3, 0.4) is 0 Å². The number of rotatable bonds is 3. The third-order valence-electron chi connectivity index (χ3n) is 5.06. The lowest BCUT2D eigenvalue weighted by atomic mass is 10.1. The summed E-state index contributed by atoms with van der Waals surface area (Å²) < 4.78 is 27.3. The highest BCUT2D eigenvalue weighted by atomic mass is 32.2. The maximum Gasteiger partial charge on any atom is 0.270 e. The molecule has 132 valence electrons. The van der Waals surface area contributed by atoms with Crippen LogP contribution in [-0.2, 0) is 22.9 Å². The normalized spacial score (nSPS) is 18.3. The van der Waals surface area contributed by atoms with Gasteiger partial charge >= 0.3 is 0 Å². The average molecular weight is 359 g/mol. The zero-order chi connectivity index (χ0) is 17.4. The Balaban J connectivity index is 1.47. The summed E-state index contributed by atoms with van der Waals surface area (Å²) in [6.45, 7) is 1.46. The molecule has 1 fully saturated rings. The number of carbonyl (C=O) groups is 1. The van der Waals surface area contributed by atoms with Crippen LogP contribution in [-0.4, -0.2) is 54.7 Å². The van der Waals surface area contributed by atoms with Gasteiger partial charge in [-0.1, -0.05) is 6.07 Å². The summed E-state index contributed by atoms with van der Waals surface area (Å²) in [6.07, 6.45) is 4.80. The fourth-order valence-corrected chi connectivity index (χ4v) is 5.10. The summed E-state index contributed by atoms with van der Waals surface area (Å²) in [7, 11) is -3.50. The molecule has 1 aliphatic carbocycles. The first-order chi connectivity index (χ1) is 12.1. The molecule has 25 heavy (non-hydrogen) atoms. The molecule has 2 heterocycles. The predicted molar refractivity (Wildman–Crippen MR) is 93.9 cm³/mol. The van der Waals surface area contributed by atoms with Crippen LogP contribution in [0.2, 0.25) is 0 Å². The van der Waals surface area contributed by atoms with E-state index >= 15 is 0 Å². The average Bonchev–Trinajstić information content (AvgIpc) is 3.32. The van der Waals surface area contributed by atoms with E-state index in [4.69, 9.17) is 0 Å². The lowest BCUT2D eigenvalue weighted by Gasteiger charge is -2.33. The fourth-order valence-electron chi connectivity index (χ4n) is 3.62. The number of amides is 1. The number of benzene rings is 1. The Kier molecular flexibility index (Phi) is 4.13. The quantitative estimate of drug-likeness (QED) is 0.906. The van der Waals surface area contributed by atoms with Crippen LogP contribution in [0.5, 0.6) is 0 Å². The van der Waals surface area contributed by atoms with E-state index in [1.165, 1.54) is 9.87 Å². The molecule has 1 amide bonds. The lowest BCUT2D eigenvalue weighted by Crippen LogP contribution is -2.50. The van der Waals surface area contributed by atoms with E-state index in [1.807, 2.05) is 12.1 Å². The second-order valence-corrected chi connectivity index (χ2v) is 8.50. The van der Waals surface area contributed by atoms with Crippen LogP contribution in [0.1, 0.15) is 28.0 Å². The highest BCUT2D eigenvalue weighted by Gasteiger charge is 2.31. The monoisotopic (exact) mass is 359 g/mol. The number of H-pyrrole nitrogens is 1. The summed E-state index contributed by atoms with van der Waals surface area (Å²) in [5.74, 6) is -0.0837. The number of fused-ring (bicyclic) bond motifs is 1. The fraction of sp³-hybridized carbons (Fsp3) is 0.389. The Morgan fingerprint density at radius 3 is 2.48 bits per heavy atom. The molecule has 0 bridgehead atoms. The number of hydrogen-bond acceptors (Lipinski definition) is 3. The predicted octanol–water partition coefficient (Wildman–Crippen LogP) is 1.65. The van der Waals surface area contributed by atoms with Crippen molar-refractivity contribution in [1.29, 1.82) is 0 Å². The summed E-state index contributed by atoms with van der Waals surface area (Å²) >= 11 is 0. The van der Waals surface area contributed by atoms with Gasteiger partial charge in [0.25, 0.3) is 5.91 Å². The van der Waals surface area contributed by atoms with E-state index in [1.54, 1.807) is 29.3 Å². The SMILES string of the molecule is O=C(c1ccc[nH]1)N1CCN(S(=O)(=O)c2ccc3c(c2)CCC3)CC1. The van der Waals surface area contributed by atoms with Gasteiger partial charge in [0, 0.05) is 32.4 Å². The van der Waals surface area contributed by atoms with Gasteiger partial charge in [0.1, 0.15) is 5.69 Å². The highest BCUT2D eigenvalue weighted by molar-refractivity contribution is 7.89. The van der Waals surface area contributed by atoms with Gasteiger partial charge in [-0.2, -0.15) is 4.31 Å². The van der Waals surface area contributed by atoms with E-state index in [9.17, 15) is 13.2 Å². The Morgan fingerprint density at radius 2 is 1.76 bits per heavy atom. The first-order valence-electron chi connectivity index (χ1n) is 8.60. The van der Waals surface area contributed by atoms with Crippen molar-refractivity contribution in [3.8, 4) is 0 Å². The molecule has 0 unspecified atom stereocenters. The van der Waals surface area contributed by atoms with Crippen LogP contribution in [0.25, 0.3) is 0 Å². The Hall–Kier alpha value is -2.12. The minimum Gasteiger partial charge on any atom is -0.357 e. The summed E-state index contributed by atoms with van der Waals surface area (Å²) in [5, 5.41) is 0. The van der Waals surface area contributed by atoms with E-state index in [2.05, 4.69) is 4.98 Å². The smallest absolute Gasteiger partial charge is 0.270 e. The van der Waals surface area contributed by atoms with Crippen molar-refractivity contribution in [2.75, 3.05) is 26.2 Å². The van der Waals surface area contributed by atoms with Crippen LogP contribution >= 0.6 is 0 Å². The maximum absolute atomic E-state index is 12.9. The number of nitrogens with zero attached hydrogens (tertiary/aromatic N) is 2. The zero-order valence-electron chi connectivity index (χ0n) is 13.9. The van der Waals surface area contributed by atoms with E-state index in [0.717, 1.165) is 24.8 Å². The first-order valence-corrected chi connectivity index (χ1v) is 10.0. The second kappa shape index (κ2) is 6.31. The van der Waals surface area contributed by atoms with Crippen molar-refractivity contribution in [2.24, 2.45) is 0 Å². The van der Waals surface area contributed by atoms with Gasteiger partial charge in [-0.15, -0.1) is 0 Å². The van der Waals surface area contributed by atoms with Gasteiger partial charge in [0.2, 0.25) is 10.0 Å². The van der Waals surface area contributed by atoms with Gasteiger partial charge in [-0.05, 0) is 54.7 Å². The van der Waals surface area contributed by atoms with Crippen LogP contribution in [0, 0.1) is 0 Å². The van der Waals surface area contributed by atoms with Crippen molar-refractivity contribution in [3.05, 3.63) is 53.3 Å². The topological polar surface area (TPSA) is 73.5 Å². The number of nitrogens with one attached hydrogen (secondary N) is 1. The third-order valence-corrected chi connectivity index (χ3v) is 6.96. The van der Waals surface area contributed by atoms with Gasteiger partial charge in [-0.3, -0.25) is 4.79 Å². The first kappa shape index (κ1) is 16.4. The molecule has 4 rings (SSSR count). The number of aromatic nitrogens is 1. The molecule has 1 aromatic carbocycles. The van der Waals surface area contributed by atoms with Crippen molar-refractivity contribution in [2.45, 2.75) is 24.2 Å². The minimum absolute atomic E-state index is 0.0837. The van der Waals surface area contributed by atoms with Gasteiger partial charge < -0.3 is 9.88 Å². The molecule has 0 radical (unpaired) electrons. The van der Waals surface area contributed by atoms with Crippen LogP contribution < -0.4 is 0 Å². The summed E-state index contributed by atoms with van der Waals surface area (Å²) in [5.41, 5.74) is 2.96. The number of carbonyl (C=O) groups excluding carboxylic acids is 1. The molecule has 0 atom stereocenters. The number of aryl methyl sites for hydroxylation is 2. The molecule has 2 aromatic rings. The summed E-state index contributed by atoms with van der Waals surface area (Å²) in [6, 6.07) is 9.00. The zero-order valence-corrected chi connectivity index (χ0v) is 14.8. The van der Waals surface area contributed by atoms with E-state index in [0.29, 0.717) is 36.8 Å². The van der Waals surface area contributed by atoms with Gasteiger partial charge in [0.15, 0.2) is 0 Å².